The lowest BCUT2D eigenvalue weighted by Gasteiger charge is -2.28. The Balaban J connectivity index is 1.52. The summed E-state index contributed by atoms with van der Waals surface area (Å²) in [7, 11) is 0. The molecule has 2 aliphatic rings. The molecule has 1 aliphatic heterocycles. The molecule has 0 bridgehead atoms. The third kappa shape index (κ3) is 4.00. The van der Waals surface area contributed by atoms with Gasteiger partial charge in [-0.15, -0.1) is 0 Å². The number of hydrogen-bond donors (Lipinski definition) is 1. The zero-order chi connectivity index (χ0) is 18.8. The number of carbonyl (C=O) groups is 2. The Morgan fingerprint density at radius 3 is 2.81 bits per heavy atom. The number of rotatable bonds is 4. The second-order valence-corrected chi connectivity index (χ2v) is 7.69. The number of hydrogen-bond acceptors (Lipinski definition) is 3. The van der Waals surface area contributed by atoms with Crippen LogP contribution in [0.1, 0.15) is 38.5 Å². The maximum Gasteiger partial charge on any atom is 0.240 e. The summed E-state index contributed by atoms with van der Waals surface area (Å²) in [5.74, 6) is 0.521. The van der Waals surface area contributed by atoms with Crippen molar-refractivity contribution in [1.29, 1.82) is 0 Å². The molecule has 1 fully saturated rings. The number of aromatic nitrogens is 2. The first-order valence-corrected chi connectivity index (χ1v) is 9.91. The minimum Gasteiger partial charge on any atom is -0.352 e. The van der Waals surface area contributed by atoms with Gasteiger partial charge in [0.25, 0.3) is 0 Å². The number of anilines is 1. The van der Waals surface area contributed by atoms with Crippen LogP contribution in [-0.4, -0.2) is 34.2 Å². The van der Waals surface area contributed by atoms with Gasteiger partial charge in [-0.3, -0.25) is 14.5 Å². The first-order valence-electron chi connectivity index (χ1n) is 9.54. The lowest BCUT2D eigenvalue weighted by Crippen LogP contribution is -2.47. The zero-order valence-corrected chi connectivity index (χ0v) is 15.9. The fraction of sp³-hybridized carbons (Fsp3) is 0.450. The maximum atomic E-state index is 12.5. The van der Waals surface area contributed by atoms with Gasteiger partial charge in [0.1, 0.15) is 12.4 Å². The Morgan fingerprint density at radius 1 is 1.22 bits per heavy atom. The summed E-state index contributed by atoms with van der Waals surface area (Å²) in [6, 6.07) is 9.55. The van der Waals surface area contributed by atoms with E-state index >= 15 is 0 Å². The number of halogens is 1. The van der Waals surface area contributed by atoms with E-state index in [1.54, 1.807) is 9.58 Å². The van der Waals surface area contributed by atoms with Gasteiger partial charge in [-0.1, -0.05) is 43.0 Å². The molecule has 27 heavy (non-hydrogen) atoms. The van der Waals surface area contributed by atoms with E-state index in [4.69, 9.17) is 11.6 Å². The first kappa shape index (κ1) is 18.0. The van der Waals surface area contributed by atoms with E-state index in [-0.39, 0.29) is 24.4 Å². The Bertz CT molecular complexity index is 857. The van der Waals surface area contributed by atoms with Crippen molar-refractivity contribution in [3.8, 4) is 11.3 Å². The summed E-state index contributed by atoms with van der Waals surface area (Å²) in [5, 5.41) is 8.32. The highest BCUT2D eigenvalue weighted by Gasteiger charge is 2.29. The molecule has 0 atom stereocenters. The van der Waals surface area contributed by atoms with Crippen LogP contribution in [-0.2, 0) is 16.1 Å². The van der Waals surface area contributed by atoms with Crippen molar-refractivity contribution < 1.29 is 9.59 Å². The molecule has 2 amide bonds. The quantitative estimate of drug-likeness (QED) is 0.875. The minimum atomic E-state index is -0.103. The van der Waals surface area contributed by atoms with Crippen molar-refractivity contribution in [2.24, 2.45) is 0 Å². The molecule has 2 aromatic rings. The Hall–Kier alpha value is -2.34. The number of fused-ring (bicyclic) bond motifs is 1. The van der Waals surface area contributed by atoms with Crippen LogP contribution < -0.4 is 10.2 Å². The summed E-state index contributed by atoms with van der Waals surface area (Å²) < 4.78 is 1.80. The fourth-order valence-corrected chi connectivity index (χ4v) is 4.07. The molecule has 1 aromatic heterocycles. The van der Waals surface area contributed by atoms with E-state index in [1.807, 2.05) is 30.3 Å². The normalized spacial score (nSPS) is 17.7. The van der Waals surface area contributed by atoms with E-state index in [1.165, 1.54) is 6.42 Å². The SMILES string of the molecule is O=C(CN1C(=O)CCn2nc(-c3cccc(Cl)c3)cc21)NC1CCCCC1. The molecule has 1 aromatic carbocycles. The highest BCUT2D eigenvalue weighted by molar-refractivity contribution is 6.30. The van der Waals surface area contributed by atoms with Crippen molar-refractivity contribution in [3.05, 3.63) is 35.4 Å². The number of carbonyl (C=O) groups excluding carboxylic acids is 2. The van der Waals surface area contributed by atoms with Gasteiger partial charge in [-0.25, -0.2) is 4.68 Å². The predicted octanol–water partition coefficient (Wildman–Crippen LogP) is 3.39. The molecule has 0 spiro atoms. The highest BCUT2D eigenvalue weighted by atomic mass is 35.5. The van der Waals surface area contributed by atoms with Crippen LogP contribution in [0.3, 0.4) is 0 Å². The Morgan fingerprint density at radius 2 is 2.04 bits per heavy atom. The van der Waals surface area contributed by atoms with Gasteiger partial charge in [0.05, 0.1) is 12.2 Å². The highest BCUT2D eigenvalue weighted by Crippen LogP contribution is 2.29. The smallest absolute Gasteiger partial charge is 0.240 e. The average molecular weight is 387 g/mol. The number of nitrogens with zero attached hydrogens (tertiary/aromatic N) is 3. The summed E-state index contributed by atoms with van der Waals surface area (Å²) in [6.45, 7) is 0.561. The molecule has 7 heteroatoms. The maximum absolute atomic E-state index is 12.5. The topological polar surface area (TPSA) is 67.2 Å². The number of amides is 2. The van der Waals surface area contributed by atoms with E-state index in [9.17, 15) is 9.59 Å². The summed E-state index contributed by atoms with van der Waals surface area (Å²) in [5.41, 5.74) is 1.64. The van der Waals surface area contributed by atoms with Gasteiger partial charge in [-0.2, -0.15) is 5.10 Å². The van der Waals surface area contributed by atoms with E-state index < -0.39 is 0 Å². The monoisotopic (exact) mass is 386 g/mol. The first-order chi connectivity index (χ1) is 13.1. The minimum absolute atomic E-state index is 0.0377. The molecule has 1 aliphatic carbocycles. The third-order valence-corrected chi connectivity index (χ3v) is 5.50. The molecule has 1 N–H and O–H groups in total. The molecule has 0 unspecified atom stereocenters. The summed E-state index contributed by atoms with van der Waals surface area (Å²) in [4.78, 5) is 26.5. The van der Waals surface area contributed by atoms with E-state index in [0.29, 0.717) is 23.8 Å². The lowest BCUT2D eigenvalue weighted by atomic mass is 9.95. The Kier molecular flexibility index (Phi) is 5.16. The molecule has 0 saturated heterocycles. The Labute approximate surface area is 163 Å². The van der Waals surface area contributed by atoms with Crippen molar-refractivity contribution in [3.63, 3.8) is 0 Å². The molecule has 2 heterocycles. The molecule has 6 nitrogen and oxygen atoms in total. The molecular formula is C20H23ClN4O2. The zero-order valence-electron chi connectivity index (χ0n) is 15.2. The van der Waals surface area contributed by atoms with Gasteiger partial charge in [0.15, 0.2) is 0 Å². The molecule has 0 radical (unpaired) electrons. The van der Waals surface area contributed by atoms with Gasteiger partial charge in [-0.05, 0) is 25.0 Å². The van der Waals surface area contributed by atoms with Crippen molar-refractivity contribution in [1.82, 2.24) is 15.1 Å². The number of nitrogens with one attached hydrogen (secondary N) is 1. The second-order valence-electron chi connectivity index (χ2n) is 7.25. The van der Waals surface area contributed by atoms with Gasteiger partial charge >= 0.3 is 0 Å². The largest absolute Gasteiger partial charge is 0.352 e. The van der Waals surface area contributed by atoms with E-state index in [2.05, 4.69) is 10.4 Å². The van der Waals surface area contributed by atoms with Crippen LogP contribution in [0.25, 0.3) is 11.3 Å². The third-order valence-electron chi connectivity index (χ3n) is 5.27. The fourth-order valence-electron chi connectivity index (χ4n) is 3.87. The van der Waals surface area contributed by atoms with Crippen molar-refractivity contribution in [2.45, 2.75) is 51.1 Å². The van der Waals surface area contributed by atoms with Gasteiger partial charge < -0.3 is 5.32 Å². The predicted molar refractivity (Wildman–Crippen MR) is 105 cm³/mol. The van der Waals surface area contributed by atoms with Crippen molar-refractivity contribution in [2.75, 3.05) is 11.4 Å². The van der Waals surface area contributed by atoms with Crippen molar-refractivity contribution >= 4 is 29.2 Å². The molecular weight excluding hydrogens is 364 g/mol. The molecule has 4 rings (SSSR count). The van der Waals surface area contributed by atoms with Crippen LogP contribution in [0, 0.1) is 0 Å². The van der Waals surface area contributed by atoms with E-state index in [0.717, 1.165) is 36.9 Å². The summed E-state index contributed by atoms with van der Waals surface area (Å²) >= 11 is 6.08. The number of benzene rings is 1. The van der Waals surface area contributed by atoms with Gasteiger partial charge in [0.2, 0.25) is 11.8 Å². The standard InChI is InChI=1S/C20H23ClN4O2/c21-15-6-4-5-14(11-15)17-12-19-24(20(27)9-10-25(19)23-17)13-18(26)22-16-7-2-1-3-8-16/h4-6,11-12,16H,1-3,7-10,13H2,(H,22,26). The van der Waals surface area contributed by atoms with Crippen LogP contribution >= 0.6 is 11.6 Å². The lowest BCUT2D eigenvalue weighted by molar-refractivity contribution is -0.125. The second kappa shape index (κ2) is 7.72. The molecule has 1 saturated carbocycles. The van der Waals surface area contributed by atoms with Crippen LogP contribution in [0.2, 0.25) is 5.02 Å². The van der Waals surface area contributed by atoms with Crippen LogP contribution in [0.5, 0.6) is 0 Å². The molecule has 142 valence electrons. The van der Waals surface area contributed by atoms with Crippen LogP contribution in [0.15, 0.2) is 30.3 Å². The van der Waals surface area contributed by atoms with Crippen LogP contribution in [0.4, 0.5) is 5.82 Å². The van der Waals surface area contributed by atoms with Gasteiger partial charge in [0, 0.05) is 29.1 Å². The number of aryl methyl sites for hydroxylation is 1. The average Bonchev–Trinajstić information content (AvgIpc) is 3.10. The summed E-state index contributed by atoms with van der Waals surface area (Å²) in [6.07, 6.45) is 5.95.